The fourth-order valence-electron chi connectivity index (χ4n) is 1.42. The van der Waals surface area contributed by atoms with Gasteiger partial charge in [-0.2, -0.15) is 0 Å². The van der Waals surface area contributed by atoms with E-state index in [1.165, 1.54) is 0 Å². The van der Waals surface area contributed by atoms with Crippen LogP contribution in [0, 0.1) is 10.1 Å². The predicted molar refractivity (Wildman–Crippen MR) is 69.1 cm³/mol. The molecule has 1 amide bonds. The van der Waals surface area contributed by atoms with Crippen LogP contribution in [-0.4, -0.2) is 58.6 Å². The summed E-state index contributed by atoms with van der Waals surface area (Å²) in [4.78, 5) is 36.2. The van der Waals surface area contributed by atoms with Crippen LogP contribution in [0.25, 0.3) is 0 Å². The zero-order valence-corrected chi connectivity index (χ0v) is 10.9. The van der Waals surface area contributed by atoms with Crippen molar-refractivity contribution < 1.29 is 19.6 Å². The van der Waals surface area contributed by atoms with Crippen molar-refractivity contribution in [3.05, 3.63) is 10.1 Å². The molecule has 0 saturated heterocycles. The van der Waals surface area contributed by atoms with E-state index in [1.807, 2.05) is 0 Å². The van der Waals surface area contributed by atoms with Gasteiger partial charge in [-0.25, -0.2) is 4.79 Å². The minimum Gasteiger partial charge on any atom is -0.475 e. The molecule has 0 spiro atoms. The Hall–Kier alpha value is -2.43. The van der Waals surface area contributed by atoms with Crippen LogP contribution < -0.4 is 17.2 Å². The summed E-state index contributed by atoms with van der Waals surface area (Å²) in [7, 11) is 1.01. The average molecular weight is 290 g/mol. The first kappa shape index (κ1) is 17.6. The van der Waals surface area contributed by atoms with Crippen molar-refractivity contribution in [2.24, 2.45) is 22.2 Å². The lowest BCUT2D eigenvalue weighted by molar-refractivity contribution is -0.531. The number of rotatable bonds is 8. The minimum absolute atomic E-state index is 0.0960. The molecule has 0 rings (SSSR count). The molecular weight excluding hydrogens is 272 g/mol. The van der Waals surface area contributed by atoms with Crippen molar-refractivity contribution in [1.82, 2.24) is 4.90 Å². The van der Waals surface area contributed by atoms with Crippen LogP contribution in [0.15, 0.2) is 4.99 Å². The quantitative estimate of drug-likeness (QED) is 0.0941. The number of nitrogens with two attached hydrogens (primary N) is 3. The number of aliphatic imine (C=N–C) groups is 1. The number of hydrogen-bond donors (Lipinski definition) is 4. The number of likely N-dealkylation sites (N-methyl/N-ethyl adjacent to an activating group) is 1. The molecule has 0 fully saturated rings. The van der Waals surface area contributed by atoms with Crippen molar-refractivity contribution >= 4 is 17.8 Å². The number of nitrogens with zero attached hydrogens (tertiary/aromatic N) is 3. The van der Waals surface area contributed by atoms with E-state index in [0.717, 1.165) is 7.05 Å². The summed E-state index contributed by atoms with van der Waals surface area (Å²) in [6.45, 7) is 0.255. The number of amides is 1. The Morgan fingerprint density at radius 2 is 2.00 bits per heavy atom. The summed E-state index contributed by atoms with van der Waals surface area (Å²) in [6.07, 6.45) is -1.61. The summed E-state index contributed by atoms with van der Waals surface area (Å²) >= 11 is 0. The van der Waals surface area contributed by atoms with E-state index >= 15 is 0 Å². The zero-order valence-electron chi connectivity index (χ0n) is 10.9. The molecule has 11 nitrogen and oxygen atoms in total. The normalized spacial score (nSPS) is 13.1. The molecule has 0 bridgehead atoms. The first-order valence-corrected chi connectivity index (χ1v) is 5.62. The molecule has 0 aliphatic rings. The van der Waals surface area contributed by atoms with Crippen LogP contribution in [0.2, 0.25) is 0 Å². The maximum absolute atomic E-state index is 11.8. The molecule has 0 aromatic heterocycles. The second-order valence-electron chi connectivity index (χ2n) is 4.00. The van der Waals surface area contributed by atoms with E-state index in [2.05, 4.69) is 4.99 Å². The molecule has 114 valence electrons. The largest absolute Gasteiger partial charge is 0.475 e. The highest BCUT2D eigenvalue weighted by Gasteiger charge is 2.38. The Bertz CT molecular complexity index is 394. The third-order valence-electron chi connectivity index (χ3n) is 2.42. The van der Waals surface area contributed by atoms with Crippen molar-refractivity contribution in [3.63, 3.8) is 0 Å². The van der Waals surface area contributed by atoms with Crippen LogP contribution in [-0.2, 0) is 9.59 Å². The van der Waals surface area contributed by atoms with E-state index in [1.54, 1.807) is 0 Å². The average Bonchev–Trinajstić information content (AvgIpc) is 2.32. The second-order valence-corrected chi connectivity index (χ2v) is 4.00. The van der Waals surface area contributed by atoms with Gasteiger partial charge in [0.2, 0.25) is 5.91 Å². The Kier molecular flexibility index (Phi) is 6.93. The highest BCUT2D eigenvalue weighted by Crippen LogP contribution is 2.04. The standard InChI is InChI=1S/C9H18N6O5/c1-14(6(8(17)18)15(19)20)7(16)5(10)3-2-4-13-9(11)12/h5-6H,2-4,10H2,1H3,(H,17,18)(H4,11,12,13)/t5-,6-/m0/s1. The van der Waals surface area contributed by atoms with Gasteiger partial charge in [-0.3, -0.25) is 24.8 Å². The summed E-state index contributed by atoms with van der Waals surface area (Å²) in [5.74, 6) is -2.67. The summed E-state index contributed by atoms with van der Waals surface area (Å²) in [5, 5.41) is 19.3. The van der Waals surface area contributed by atoms with E-state index < -0.39 is 29.0 Å². The topological polar surface area (TPSA) is 191 Å². The molecule has 0 aromatic carbocycles. The summed E-state index contributed by atoms with van der Waals surface area (Å²) < 4.78 is 0. The van der Waals surface area contributed by atoms with Crippen molar-refractivity contribution in [3.8, 4) is 0 Å². The number of carbonyl (C=O) groups excluding carboxylic acids is 1. The van der Waals surface area contributed by atoms with Gasteiger partial charge in [0.25, 0.3) is 0 Å². The second kappa shape index (κ2) is 7.89. The summed E-state index contributed by atoms with van der Waals surface area (Å²) in [6, 6.07) is -1.06. The summed E-state index contributed by atoms with van der Waals surface area (Å²) in [5.41, 5.74) is 15.8. The van der Waals surface area contributed by atoms with E-state index in [9.17, 15) is 19.7 Å². The Morgan fingerprint density at radius 3 is 2.40 bits per heavy atom. The van der Waals surface area contributed by atoms with Gasteiger partial charge in [0, 0.05) is 13.6 Å². The fourth-order valence-corrected chi connectivity index (χ4v) is 1.42. The third-order valence-corrected chi connectivity index (χ3v) is 2.42. The SMILES string of the molecule is CN(C(=O)[C@@H](N)CCCN=C(N)N)[C@H](C(=O)O)[N+](=O)[O-]. The van der Waals surface area contributed by atoms with Crippen molar-refractivity contribution in [2.75, 3.05) is 13.6 Å². The number of carboxylic acids is 1. The lowest BCUT2D eigenvalue weighted by Crippen LogP contribution is -2.52. The lowest BCUT2D eigenvalue weighted by atomic mass is 10.1. The molecule has 0 heterocycles. The maximum atomic E-state index is 11.8. The highest BCUT2D eigenvalue weighted by molar-refractivity contribution is 5.85. The Morgan fingerprint density at radius 1 is 1.45 bits per heavy atom. The molecule has 20 heavy (non-hydrogen) atoms. The smallest absolute Gasteiger partial charge is 0.402 e. The van der Waals surface area contributed by atoms with Crippen LogP contribution in [0.4, 0.5) is 0 Å². The van der Waals surface area contributed by atoms with Gasteiger partial charge in [-0.05, 0) is 12.8 Å². The fraction of sp³-hybridized carbons (Fsp3) is 0.667. The van der Waals surface area contributed by atoms with Crippen LogP contribution >= 0.6 is 0 Å². The number of guanidine groups is 1. The molecule has 0 aromatic rings. The molecule has 0 unspecified atom stereocenters. The number of carbonyl (C=O) groups is 2. The highest BCUT2D eigenvalue weighted by atomic mass is 16.6. The van der Waals surface area contributed by atoms with E-state index in [-0.39, 0.29) is 18.9 Å². The van der Waals surface area contributed by atoms with Crippen LogP contribution in [0.5, 0.6) is 0 Å². The monoisotopic (exact) mass is 290 g/mol. The zero-order chi connectivity index (χ0) is 15.9. The lowest BCUT2D eigenvalue weighted by Gasteiger charge is -2.21. The molecule has 0 aliphatic heterocycles. The molecular formula is C9H18N6O5. The van der Waals surface area contributed by atoms with Gasteiger partial charge in [0.15, 0.2) is 5.96 Å². The molecule has 11 heteroatoms. The Balaban J connectivity index is 4.52. The van der Waals surface area contributed by atoms with Gasteiger partial charge in [-0.15, -0.1) is 0 Å². The van der Waals surface area contributed by atoms with Gasteiger partial charge < -0.3 is 22.3 Å². The predicted octanol–water partition coefficient (Wildman–Crippen LogP) is -2.49. The van der Waals surface area contributed by atoms with E-state index in [0.29, 0.717) is 11.3 Å². The molecule has 0 aliphatic carbocycles. The minimum atomic E-state index is -2.16. The number of carboxylic acid groups (broad SMARTS) is 1. The molecule has 2 atom stereocenters. The molecule has 0 saturated carbocycles. The van der Waals surface area contributed by atoms with Gasteiger partial charge >= 0.3 is 12.1 Å². The van der Waals surface area contributed by atoms with Gasteiger partial charge in [0.1, 0.15) is 0 Å². The number of hydrogen-bond acceptors (Lipinski definition) is 6. The maximum Gasteiger partial charge on any atom is 0.402 e. The number of aliphatic carboxylic acids is 1. The molecule has 7 N–H and O–H groups in total. The van der Waals surface area contributed by atoms with Gasteiger partial charge in [0.05, 0.1) is 11.0 Å². The van der Waals surface area contributed by atoms with Crippen molar-refractivity contribution in [2.45, 2.75) is 25.0 Å². The first-order valence-electron chi connectivity index (χ1n) is 5.62. The third kappa shape index (κ3) is 5.48. The van der Waals surface area contributed by atoms with Crippen molar-refractivity contribution in [1.29, 1.82) is 0 Å². The Labute approximate surface area is 114 Å². The van der Waals surface area contributed by atoms with E-state index in [4.69, 9.17) is 22.3 Å². The van der Waals surface area contributed by atoms with Gasteiger partial charge in [-0.1, -0.05) is 0 Å². The van der Waals surface area contributed by atoms with Crippen LogP contribution in [0.3, 0.4) is 0 Å². The first-order chi connectivity index (χ1) is 9.18. The number of nitro groups is 1. The molecule has 0 radical (unpaired) electrons. The van der Waals surface area contributed by atoms with Crippen LogP contribution in [0.1, 0.15) is 12.8 Å².